The maximum absolute atomic E-state index is 11.4. The van der Waals surface area contributed by atoms with Crippen molar-refractivity contribution in [3.8, 4) is 5.75 Å². The monoisotopic (exact) mass is 362 g/mol. The lowest BCUT2D eigenvalue weighted by Gasteiger charge is -2.21. The zero-order valence-electron chi connectivity index (χ0n) is 16.4. The maximum Gasteiger partial charge on any atom is 0.330 e. The van der Waals surface area contributed by atoms with E-state index >= 15 is 0 Å². The topological polar surface area (TPSA) is 35.5 Å². The second kappa shape index (κ2) is 7.43. The van der Waals surface area contributed by atoms with Crippen molar-refractivity contribution < 1.29 is 14.3 Å². The Balaban J connectivity index is 2.07. The van der Waals surface area contributed by atoms with E-state index in [2.05, 4.69) is 63.7 Å². The molecule has 3 heteroatoms. The highest BCUT2D eigenvalue weighted by molar-refractivity contribution is 6.05. The number of rotatable bonds is 5. The van der Waals surface area contributed by atoms with Gasteiger partial charge in [-0.25, -0.2) is 4.79 Å². The van der Waals surface area contributed by atoms with Crippen molar-refractivity contribution in [2.24, 2.45) is 0 Å². The Labute approximate surface area is 160 Å². The van der Waals surface area contributed by atoms with E-state index in [9.17, 15) is 4.79 Å². The molecule has 0 aliphatic carbocycles. The van der Waals surface area contributed by atoms with E-state index in [-0.39, 0.29) is 18.1 Å². The highest BCUT2D eigenvalue weighted by Gasteiger charge is 2.17. The number of ether oxygens (including phenoxy) is 2. The number of fused-ring (bicyclic) bond motifs is 2. The van der Waals surface area contributed by atoms with Gasteiger partial charge < -0.3 is 9.47 Å². The van der Waals surface area contributed by atoms with Crippen molar-refractivity contribution in [2.45, 2.75) is 39.2 Å². The van der Waals surface area contributed by atoms with Crippen LogP contribution in [0.2, 0.25) is 0 Å². The number of carbonyl (C=O) groups excluding carboxylic acids is 1. The third kappa shape index (κ3) is 4.13. The predicted molar refractivity (Wildman–Crippen MR) is 111 cm³/mol. The molecule has 0 bridgehead atoms. The minimum Gasteiger partial charge on any atom is -0.488 e. The molecule has 0 radical (unpaired) electrons. The number of benzene rings is 3. The van der Waals surface area contributed by atoms with E-state index < -0.39 is 5.97 Å². The number of hydrogen-bond donors (Lipinski definition) is 0. The van der Waals surface area contributed by atoms with Gasteiger partial charge in [0.25, 0.3) is 0 Å². The third-order valence-electron chi connectivity index (χ3n) is 4.63. The highest BCUT2D eigenvalue weighted by atomic mass is 16.6. The van der Waals surface area contributed by atoms with E-state index in [1.165, 1.54) is 11.6 Å². The molecule has 1 unspecified atom stereocenters. The lowest BCUT2D eigenvalue weighted by molar-refractivity contribution is -0.143. The Kier molecular flexibility index (Phi) is 5.22. The predicted octanol–water partition coefficient (Wildman–Crippen LogP) is 5.79. The standard InChI is InChI=1S/C24H26O3/c1-6-22(25)27-16(2)15-26-23-20-10-8-7-9-17(20)13-18-11-12-19(14-21(18)23)24(3,4)5/h6-14,16H,1,15H2,2-5H3. The molecule has 3 nitrogen and oxygen atoms in total. The van der Waals surface area contributed by atoms with Gasteiger partial charge in [-0.3, -0.25) is 0 Å². The Hall–Kier alpha value is -2.81. The summed E-state index contributed by atoms with van der Waals surface area (Å²) in [7, 11) is 0. The number of esters is 1. The van der Waals surface area contributed by atoms with Crippen molar-refractivity contribution in [1.82, 2.24) is 0 Å². The second-order valence-corrected chi connectivity index (χ2v) is 7.88. The van der Waals surface area contributed by atoms with Gasteiger partial charge in [-0.1, -0.05) is 63.7 Å². The van der Waals surface area contributed by atoms with Crippen LogP contribution < -0.4 is 4.74 Å². The van der Waals surface area contributed by atoms with Gasteiger partial charge in [-0.2, -0.15) is 0 Å². The van der Waals surface area contributed by atoms with Gasteiger partial charge in [0.05, 0.1) is 0 Å². The summed E-state index contributed by atoms with van der Waals surface area (Å²) in [5.74, 6) is 0.389. The molecule has 1 atom stereocenters. The smallest absolute Gasteiger partial charge is 0.330 e. The number of carbonyl (C=O) groups is 1. The lowest BCUT2D eigenvalue weighted by Crippen LogP contribution is -2.21. The van der Waals surface area contributed by atoms with Gasteiger partial charge in [-0.05, 0) is 40.8 Å². The molecule has 0 N–H and O–H groups in total. The molecule has 0 heterocycles. The summed E-state index contributed by atoms with van der Waals surface area (Å²) >= 11 is 0. The minimum absolute atomic E-state index is 0.0455. The van der Waals surface area contributed by atoms with Crippen LogP contribution in [0.1, 0.15) is 33.3 Å². The largest absolute Gasteiger partial charge is 0.488 e. The summed E-state index contributed by atoms with van der Waals surface area (Å²) in [6.07, 6.45) is 0.801. The van der Waals surface area contributed by atoms with Gasteiger partial charge >= 0.3 is 5.97 Å². The molecule has 0 aliphatic heterocycles. The SMILES string of the molecule is C=CC(=O)OC(C)COc1c2ccccc2cc2ccc(C(C)(C)C)cc12. The van der Waals surface area contributed by atoms with E-state index in [0.29, 0.717) is 0 Å². The van der Waals surface area contributed by atoms with E-state index in [1.54, 1.807) is 0 Å². The molecule has 0 aromatic heterocycles. The maximum atomic E-state index is 11.4. The number of hydrogen-bond acceptors (Lipinski definition) is 3. The van der Waals surface area contributed by atoms with Crippen LogP contribution in [-0.4, -0.2) is 18.7 Å². The van der Waals surface area contributed by atoms with Gasteiger partial charge in [0, 0.05) is 16.8 Å². The van der Waals surface area contributed by atoms with Crippen LogP contribution in [0.5, 0.6) is 5.75 Å². The van der Waals surface area contributed by atoms with Gasteiger partial charge in [-0.15, -0.1) is 0 Å². The van der Waals surface area contributed by atoms with Crippen molar-refractivity contribution in [3.05, 3.63) is 66.7 Å². The Bertz CT molecular complexity index is 996. The van der Waals surface area contributed by atoms with E-state index in [0.717, 1.165) is 27.3 Å². The molecule has 0 aliphatic rings. The van der Waals surface area contributed by atoms with Crippen LogP contribution in [0.15, 0.2) is 61.2 Å². The van der Waals surface area contributed by atoms with Crippen LogP contribution >= 0.6 is 0 Å². The molecule has 27 heavy (non-hydrogen) atoms. The van der Waals surface area contributed by atoms with Gasteiger partial charge in [0.2, 0.25) is 0 Å². The van der Waals surface area contributed by atoms with Crippen molar-refractivity contribution in [2.75, 3.05) is 6.61 Å². The summed E-state index contributed by atoms with van der Waals surface area (Å²) < 4.78 is 11.4. The minimum atomic E-state index is -0.441. The average molecular weight is 362 g/mol. The van der Waals surface area contributed by atoms with Gasteiger partial charge in [0.15, 0.2) is 0 Å². The quantitative estimate of drug-likeness (QED) is 0.327. The van der Waals surface area contributed by atoms with Crippen molar-refractivity contribution >= 4 is 27.5 Å². The van der Waals surface area contributed by atoms with Crippen LogP contribution in [-0.2, 0) is 14.9 Å². The van der Waals surface area contributed by atoms with E-state index in [4.69, 9.17) is 9.47 Å². The summed E-state index contributed by atoms with van der Waals surface area (Å²) in [6.45, 7) is 12.1. The molecule has 0 saturated carbocycles. The fourth-order valence-corrected chi connectivity index (χ4v) is 3.12. The first-order valence-corrected chi connectivity index (χ1v) is 9.21. The zero-order chi connectivity index (χ0) is 19.6. The van der Waals surface area contributed by atoms with Crippen molar-refractivity contribution in [3.63, 3.8) is 0 Å². The summed E-state index contributed by atoms with van der Waals surface area (Å²) in [4.78, 5) is 11.4. The molecule has 0 amide bonds. The zero-order valence-corrected chi connectivity index (χ0v) is 16.4. The van der Waals surface area contributed by atoms with Crippen LogP contribution in [0.25, 0.3) is 21.5 Å². The van der Waals surface area contributed by atoms with Gasteiger partial charge in [0.1, 0.15) is 18.5 Å². The summed E-state index contributed by atoms with van der Waals surface area (Å²) in [6, 6.07) is 16.9. The molecule has 0 fully saturated rings. The molecule has 0 spiro atoms. The first-order chi connectivity index (χ1) is 12.8. The van der Waals surface area contributed by atoms with Crippen LogP contribution in [0.3, 0.4) is 0 Å². The molecule has 140 valence electrons. The van der Waals surface area contributed by atoms with Crippen LogP contribution in [0, 0.1) is 0 Å². The molecular formula is C24H26O3. The van der Waals surface area contributed by atoms with E-state index in [1.807, 2.05) is 19.1 Å². The summed E-state index contributed by atoms with van der Waals surface area (Å²) in [5, 5.41) is 4.38. The molecule has 3 aromatic carbocycles. The fourth-order valence-electron chi connectivity index (χ4n) is 3.12. The molecule has 0 saturated heterocycles. The average Bonchev–Trinajstić information content (AvgIpc) is 2.63. The second-order valence-electron chi connectivity index (χ2n) is 7.88. The summed E-state index contributed by atoms with van der Waals surface area (Å²) in [5.41, 5.74) is 1.30. The van der Waals surface area contributed by atoms with Crippen LogP contribution in [0.4, 0.5) is 0 Å². The Morgan fingerprint density at radius 3 is 2.48 bits per heavy atom. The Morgan fingerprint density at radius 1 is 1.07 bits per heavy atom. The fraction of sp³-hybridized carbons (Fsp3) is 0.292. The molecular weight excluding hydrogens is 336 g/mol. The normalized spacial score (nSPS) is 12.7. The molecule has 3 rings (SSSR count). The highest BCUT2D eigenvalue weighted by Crippen LogP contribution is 2.37. The Morgan fingerprint density at radius 2 is 1.78 bits per heavy atom. The first-order valence-electron chi connectivity index (χ1n) is 9.21. The van der Waals surface area contributed by atoms with Crippen molar-refractivity contribution in [1.29, 1.82) is 0 Å². The first kappa shape index (κ1) is 19.0. The molecule has 3 aromatic rings. The third-order valence-corrected chi connectivity index (χ3v) is 4.63. The lowest BCUT2D eigenvalue weighted by atomic mass is 9.85.